The van der Waals surface area contributed by atoms with Crippen LogP contribution in [0.4, 0.5) is 0 Å². The molecule has 0 aromatic rings. The van der Waals surface area contributed by atoms with Gasteiger partial charge in [0, 0.05) is 22.3 Å². The molecule has 0 amide bonds. The average molecular weight is 610 g/mol. The van der Waals surface area contributed by atoms with Gasteiger partial charge in [-0.15, -0.1) is 0 Å². The number of esters is 2. The first kappa shape index (κ1) is 46.2. The molecule has 0 aliphatic rings. The molecule has 0 aromatic heterocycles. The first-order valence-electron chi connectivity index (χ1n) is 12.7. The Morgan fingerprint density at radius 2 is 1.25 bits per heavy atom. The van der Waals surface area contributed by atoms with Crippen molar-refractivity contribution >= 4 is 19.8 Å². The Bertz CT molecular complexity index is 1000. The largest absolute Gasteiger partial charge is 1.00 e. The minimum atomic E-state index is -5.29. The molecule has 0 spiro atoms. The van der Waals surface area contributed by atoms with E-state index in [0.717, 1.165) is 19.3 Å². The number of ether oxygens (including phenoxy) is 2. The van der Waals surface area contributed by atoms with Gasteiger partial charge in [-0.1, -0.05) is 83.5 Å². The number of carbonyl (C=O) groups excluding carboxylic acids is 2. The smallest absolute Gasteiger partial charge is 0.790 e. The summed E-state index contributed by atoms with van der Waals surface area (Å²) in [4.78, 5) is 45.3. The van der Waals surface area contributed by atoms with Crippen molar-refractivity contribution in [3.63, 3.8) is 0 Å². The van der Waals surface area contributed by atoms with Gasteiger partial charge in [0.25, 0.3) is 0 Å². The fourth-order valence-electron chi connectivity index (χ4n) is 3.12. The molecule has 3 N–H and O–H groups in total. The van der Waals surface area contributed by atoms with Crippen LogP contribution in [0.2, 0.25) is 0 Å². The second kappa shape index (κ2) is 32.8. The van der Waals surface area contributed by atoms with Crippen LogP contribution in [0, 0.1) is 47.4 Å². The third kappa shape index (κ3) is 35.3. The molecule has 0 bridgehead atoms. The van der Waals surface area contributed by atoms with Gasteiger partial charge in [-0.3, -0.25) is 4.79 Å². The normalized spacial score (nSPS) is 9.90. The zero-order valence-corrected chi connectivity index (χ0v) is 29.5. The van der Waals surface area contributed by atoms with E-state index in [1.165, 1.54) is 51.4 Å². The Hall–Kier alpha value is -0.750. The Morgan fingerprint density at radius 3 is 1.75 bits per heavy atom. The summed E-state index contributed by atoms with van der Waals surface area (Å²) in [7, 11) is -5.29. The van der Waals surface area contributed by atoms with E-state index in [4.69, 9.17) is 9.47 Å². The average Bonchev–Trinajstić information content (AvgIpc) is 2.85. The number of rotatable bonds is 19. The minimum absolute atomic E-state index is 0. The molecule has 12 heteroatoms. The van der Waals surface area contributed by atoms with Crippen LogP contribution < -0.4 is 75.1 Å². The molecule has 0 heterocycles. The van der Waals surface area contributed by atoms with Gasteiger partial charge in [-0.25, -0.2) is 4.79 Å². The molecule has 1 atom stereocenters. The van der Waals surface area contributed by atoms with Crippen LogP contribution in [0.5, 0.6) is 0 Å². The fourth-order valence-corrected chi connectivity index (χ4v) is 3.47. The standard InChI is InChI=1S/C28H39O8P.H3N.2Na.7H2/c1-3-5-7-9-11-12-13-14-15-17-19-21-23-28(30)36-26(25-35-37(31,32)33)24-34-27(29)22-20-18-16-10-8-6-4-2;;;;;;;;;;/h26H,3,5,7,9,11-15,17,19,21,23-25H2,1-2H3,(H2,31,32,33);1H3;;;7*1H/q;;2*+1;;;;;;;/p-2/t26-;;;;;;;;;;/m1........../s1. The molecule has 9 nitrogen and oxygen atoms in total. The van der Waals surface area contributed by atoms with Gasteiger partial charge >= 0.3 is 71.1 Å². The van der Waals surface area contributed by atoms with E-state index in [9.17, 15) is 23.9 Å². The van der Waals surface area contributed by atoms with E-state index in [-0.39, 0.29) is 81.7 Å². The van der Waals surface area contributed by atoms with Crippen molar-refractivity contribution in [3.8, 4) is 47.4 Å². The quantitative estimate of drug-likeness (QED) is 0.0499. The van der Waals surface area contributed by atoms with Gasteiger partial charge in [-0.2, -0.15) is 0 Å². The number of carbonyl (C=O) groups is 2. The topological polar surface area (TPSA) is 160 Å². The molecular formula is C28H54NNa2O8P. The zero-order valence-electron chi connectivity index (χ0n) is 24.6. The van der Waals surface area contributed by atoms with Crippen molar-refractivity contribution < 1.29 is 107 Å². The Balaban J connectivity index is -0.000000144. The number of phosphoric ester groups is 1. The van der Waals surface area contributed by atoms with Crippen LogP contribution in [-0.2, 0) is 28.2 Å². The molecule has 0 radical (unpaired) electrons. The van der Waals surface area contributed by atoms with E-state index in [0.29, 0.717) is 6.42 Å². The van der Waals surface area contributed by atoms with E-state index in [2.05, 4.69) is 58.8 Å². The Kier molecular flexibility index (Phi) is 37.9. The molecule has 0 aromatic carbocycles. The molecule has 0 saturated heterocycles. The number of hydrogen-bond donors (Lipinski definition) is 1. The summed E-state index contributed by atoms with van der Waals surface area (Å²) in [6.07, 6.45) is 12.7. The first-order chi connectivity index (χ1) is 17.8. The van der Waals surface area contributed by atoms with Crippen LogP contribution in [0.3, 0.4) is 0 Å². The second-order valence-corrected chi connectivity index (χ2v) is 9.37. The van der Waals surface area contributed by atoms with Crippen LogP contribution >= 0.6 is 7.82 Å². The summed E-state index contributed by atoms with van der Waals surface area (Å²) in [6.45, 7) is 2.55. The number of hydrogen-bond acceptors (Lipinski definition) is 9. The Morgan fingerprint density at radius 1 is 0.775 bits per heavy atom. The molecule has 0 fully saturated rings. The third-order valence-corrected chi connectivity index (χ3v) is 5.42. The molecule has 40 heavy (non-hydrogen) atoms. The molecule has 226 valence electrons. The van der Waals surface area contributed by atoms with Crippen LogP contribution in [0.1, 0.15) is 107 Å². The molecule has 0 rings (SSSR count). The van der Waals surface area contributed by atoms with Crippen molar-refractivity contribution in [2.75, 3.05) is 13.2 Å². The summed E-state index contributed by atoms with van der Waals surface area (Å²) in [5.41, 5.74) is 0. The van der Waals surface area contributed by atoms with Crippen molar-refractivity contribution in [3.05, 3.63) is 0 Å². The molecular weight excluding hydrogens is 555 g/mol. The molecule has 0 unspecified atom stereocenters. The van der Waals surface area contributed by atoms with Crippen molar-refractivity contribution in [1.29, 1.82) is 0 Å². The maximum atomic E-state index is 12.1. The summed E-state index contributed by atoms with van der Waals surface area (Å²) >= 11 is 0. The SMILES string of the molecule is CC#CC#CC#CC#CC(=O)OC[C@H](COP(=O)([O-])[O-])OC(=O)CCCCCCCCCCCCCC.N.[HH].[HH].[HH].[HH].[HH].[HH].[HH].[Na+].[Na+]. The first-order valence-corrected chi connectivity index (χ1v) is 14.2. The summed E-state index contributed by atoms with van der Waals surface area (Å²) in [5, 5.41) is 0. The minimum Gasteiger partial charge on any atom is -0.790 e. The van der Waals surface area contributed by atoms with Gasteiger partial charge < -0.3 is 34.5 Å². The summed E-state index contributed by atoms with van der Waals surface area (Å²) in [5.74, 6) is 17.3. The number of unbranched alkanes of at least 4 members (excludes halogenated alkanes) is 11. The van der Waals surface area contributed by atoms with E-state index in [1.807, 2.05) is 0 Å². The maximum absolute atomic E-state index is 12.1. The maximum Gasteiger partial charge on any atom is 1.00 e. The van der Waals surface area contributed by atoms with Crippen LogP contribution in [0.25, 0.3) is 0 Å². The van der Waals surface area contributed by atoms with Crippen molar-refractivity contribution in [2.45, 2.75) is 103 Å². The second-order valence-electron chi connectivity index (χ2n) is 8.22. The van der Waals surface area contributed by atoms with Gasteiger partial charge in [0.05, 0.1) is 14.4 Å². The monoisotopic (exact) mass is 609 g/mol. The van der Waals surface area contributed by atoms with Gasteiger partial charge in [0.1, 0.15) is 6.61 Å². The number of phosphoric acid groups is 1. The van der Waals surface area contributed by atoms with E-state index in [1.54, 1.807) is 6.92 Å². The zero-order chi connectivity index (χ0) is 27.6. The predicted molar refractivity (Wildman–Crippen MR) is 157 cm³/mol. The van der Waals surface area contributed by atoms with Gasteiger partial charge in [0.2, 0.25) is 0 Å². The predicted octanol–water partition coefficient (Wildman–Crippen LogP) is -0.697. The van der Waals surface area contributed by atoms with Gasteiger partial charge in [-0.05, 0) is 48.9 Å². The summed E-state index contributed by atoms with van der Waals surface area (Å²) in [6, 6.07) is 0. The summed E-state index contributed by atoms with van der Waals surface area (Å²) < 4.78 is 24.9. The van der Waals surface area contributed by atoms with E-state index >= 15 is 0 Å². The fraction of sp³-hybridized carbons (Fsp3) is 0.643. The molecule has 0 saturated carbocycles. The van der Waals surface area contributed by atoms with Crippen LogP contribution in [0.15, 0.2) is 0 Å². The molecule has 0 aliphatic carbocycles. The van der Waals surface area contributed by atoms with Crippen molar-refractivity contribution in [1.82, 2.24) is 6.15 Å². The Labute approximate surface area is 295 Å². The third-order valence-electron chi connectivity index (χ3n) is 4.95. The van der Waals surface area contributed by atoms with Crippen LogP contribution in [-0.4, -0.2) is 31.3 Å². The van der Waals surface area contributed by atoms with Crippen molar-refractivity contribution in [2.24, 2.45) is 0 Å². The van der Waals surface area contributed by atoms with E-state index < -0.39 is 39.1 Å². The molecule has 0 aliphatic heterocycles. The van der Waals surface area contributed by atoms with Gasteiger partial charge in [0.15, 0.2) is 6.10 Å².